The number of ether oxygens (including phenoxy) is 1. The van der Waals surface area contributed by atoms with Crippen molar-refractivity contribution in [2.45, 2.75) is 6.18 Å². The van der Waals surface area contributed by atoms with Crippen LogP contribution in [0.1, 0.15) is 0 Å². The number of benzene rings is 1. The highest BCUT2D eigenvalue weighted by Crippen LogP contribution is 2.33. The maximum absolute atomic E-state index is 12.0. The number of nitrogens with two attached hydrogens (primary N) is 1. The molecule has 0 fully saturated rings. The third-order valence-electron chi connectivity index (χ3n) is 1.74. The van der Waals surface area contributed by atoms with Crippen molar-refractivity contribution in [3.8, 4) is 5.75 Å². The van der Waals surface area contributed by atoms with Crippen LogP contribution in [0.2, 0.25) is 5.02 Å². The van der Waals surface area contributed by atoms with Crippen LogP contribution < -0.4 is 15.8 Å². The number of anilines is 2. The van der Waals surface area contributed by atoms with Crippen LogP contribution in [0.4, 0.5) is 29.3 Å². The molecule has 1 aromatic rings. The van der Waals surface area contributed by atoms with E-state index in [0.29, 0.717) is 0 Å². The third-order valence-corrected chi connectivity index (χ3v) is 2.03. The second-order valence-electron chi connectivity index (χ2n) is 3.20. The van der Waals surface area contributed by atoms with Crippen LogP contribution in [0.5, 0.6) is 5.75 Å². The van der Waals surface area contributed by atoms with E-state index in [1.54, 1.807) is 0 Å². The van der Waals surface area contributed by atoms with E-state index in [-0.39, 0.29) is 22.1 Å². The van der Waals surface area contributed by atoms with Crippen LogP contribution >= 0.6 is 11.6 Å². The number of hydrogen-bond donors (Lipinski definition) is 3. The summed E-state index contributed by atoms with van der Waals surface area (Å²) in [5, 5.41) is 10.3. The minimum Gasteiger partial charge on any atom is -0.482 e. The highest BCUT2D eigenvalue weighted by Gasteiger charge is 2.29. The summed E-state index contributed by atoms with van der Waals surface area (Å²) in [6.07, 6.45) is -5.93. The van der Waals surface area contributed by atoms with E-state index in [1.165, 1.54) is 0 Å². The molecule has 0 spiro atoms. The van der Waals surface area contributed by atoms with Gasteiger partial charge in [-0.25, -0.2) is 4.79 Å². The number of carbonyl (C=O) groups is 1. The average Bonchev–Trinajstić information content (AvgIpc) is 2.18. The highest BCUT2D eigenvalue weighted by molar-refractivity contribution is 6.32. The third kappa shape index (κ3) is 4.21. The molecule has 0 atom stereocenters. The molecular weight excluding hydrogens is 277 g/mol. The molecule has 4 N–H and O–H groups in total. The first-order chi connectivity index (χ1) is 8.19. The van der Waals surface area contributed by atoms with Crippen molar-refractivity contribution >= 4 is 29.1 Å². The van der Waals surface area contributed by atoms with Crippen molar-refractivity contribution < 1.29 is 27.8 Å². The first kappa shape index (κ1) is 14.2. The maximum Gasteiger partial charge on any atom is 0.422 e. The fraction of sp³-hybridized carbons (Fsp3) is 0.222. The lowest BCUT2D eigenvalue weighted by Crippen LogP contribution is -2.19. The normalized spacial score (nSPS) is 11.1. The molecule has 18 heavy (non-hydrogen) atoms. The summed E-state index contributed by atoms with van der Waals surface area (Å²) in [5.74, 6) is -0.313. The van der Waals surface area contributed by atoms with E-state index in [1.807, 2.05) is 5.32 Å². The summed E-state index contributed by atoms with van der Waals surface area (Å²) in [4.78, 5) is 10.4. The monoisotopic (exact) mass is 284 g/mol. The van der Waals surface area contributed by atoms with Gasteiger partial charge in [-0.3, -0.25) is 5.32 Å². The number of carboxylic acid groups (broad SMARTS) is 1. The summed E-state index contributed by atoms with van der Waals surface area (Å²) in [7, 11) is 0. The smallest absolute Gasteiger partial charge is 0.422 e. The van der Waals surface area contributed by atoms with Crippen molar-refractivity contribution in [3.05, 3.63) is 17.2 Å². The highest BCUT2D eigenvalue weighted by atomic mass is 35.5. The standard InChI is InChI=1S/C9H8ClF3N2O3/c10-4-1-5(14)6(15-8(16)17)2-7(4)18-3-9(11,12)13/h1-2,15H,3,14H2,(H,16,17). The predicted molar refractivity (Wildman–Crippen MR) is 59.1 cm³/mol. The first-order valence-electron chi connectivity index (χ1n) is 4.47. The van der Waals surface area contributed by atoms with Crippen molar-refractivity contribution in [1.29, 1.82) is 0 Å². The van der Waals surface area contributed by atoms with Crippen molar-refractivity contribution in [2.24, 2.45) is 0 Å². The number of hydrogen-bond acceptors (Lipinski definition) is 3. The molecule has 9 heteroatoms. The summed E-state index contributed by atoms with van der Waals surface area (Å²) in [6, 6.07) is 2.08. The molecule has 0 radical (unpaired) electrons. The van der Waals surface area contributed by atoms with Crippen molar-refractivity contribution in [3.63, 3.8) is 0 Å². The van der Waals surface area contributed by atoms with Gasteiger partial charge in [0.25, 0.3) is 0 Å². The zero-order chi connectivity index (χ0) is 13.9. The second kappa shape index (κ2) is 5.21. The second-order valence-corrected chi connectivity index (χ2v) is 3.61. The quantitative estimate of drug-likeness (QED) is 0.745. The number of halogens is 4. The van der Waals surface area contributed by atoms with Crippen LogP contribution in [0.3, 0.4) is 0 Å². The number of rotatable bonds is 3. The van der Waals surface area contributed by atoms with Crippen LogP contribution in [0.15, 0.2) is 12.1 Å². The van der Waals surface area contributed by atoms with Crippen molar-refractivity contribution in [1.82, 2.24) is 0 Å². The van der Waals surface area contributed by atoms with Gasteiger partial charge in [-0.2, -0.15) is 13.2 Å². The summed E-state index contributed by atoms with van der Waals surface area (Å²) in [6.45, 7) is -1.54. The Kier molecular flexibility index (Phi) is 4.12. The lowest BCUT2D eigenvalue weighted by molar-refractivity contribution is -0.153. The van der Waals surface area contributed by atoms with Gasteiger partial charge in [0.2, 0.25) is 0 Å². The minimum atomic E-state index is -4.52. The van der Waals surface area contributed by atoms with Crippen LogP contribution in [0.25, 0.3) is 0 Å². The number of nitrogen functional groups attached to an aromatic ring is 1. The Hall–Kier alpha value is -1.83. The lowest BCUT2D eigenvalue weighted by atomic mass is 10.2. The molecule has 0 aromatic heterocycles. The minimum absolute atomic E-state index is 0.0261. The van der Waals surface area contributed by atoms with Gasteiger partial charge < -0.3 is 15.6 Å². The number of alkyl halides is 3. The first-order valence-corrected chi connectivity index (χ1v) is 4.85. The molecular formula is C9H8ClF3N2O3. The Morgan fingerprint density at radius 3 is 2.61 bits per heavy atom. The van der Waals surface area contributed by atoms with Gasteiger partial charge in [-0.05, 0) is 6.07 Å². The van der Waals surface area contributed by atoms with E-state index >= 15 is 0 Å². The van der Waals surface area contributed by atoms with E-state index < -0.39 is 18.9 Å². The van der Waals surface area contributed by atoms with Crippen LogP contribution in [-0.2, 0) is 0 Å². The summed E-state index contributed by atoms with van der Waals surface area (Å²) < 4.78 is 40.3. The topological polar surface area (TPSA) is 84.6 Å². The SMILES string of the molecule is Nc1cc(Cl)c(OCC(F)(F)F)cc1NC(=O)O. The molecule has 0 unspecified atom stereocenters. The van der Waals surface area contributed by atoms with Crippen LogP contribution in [-0.4, -0.2) is 24.0 Å². The fourth-order valence-corrected chi connectivity index (χ4v) is 1.29. The largest absolute Gasteiger partial charge is 0.482 e. The molecule has 0 aliphatic rings. The van der Waals surface area contributed by atoms with Gasteiger partial charge in [-0.15, -0.1) is 0 Å². The Bertz CT molecular complexity index is 465. The van der Waals surface area contributed by atoms with E-state index in [2.05, 4.69) is 4.74 Å². The van der Waals surface area contributed by atoms with E-state index in [9.17, 15) is 18.0 Å². The molecule has 5 nitrogen and oxygen atoms in total. The Morgan fingerprint density at radius 1 is 1.50 bits per heavy atom. The van der Waals surface area contributed by atoms with Gasteiger partial charge in [0.05, 0.1) is 16.4 Å². The van der Waals surface area contributed by atoms with E-state index in [4.69, 9.17) is 22.4 Å². The summed E-state index contributed by atoms with van der Waals surface area (Å²) >= 11 is 5.62. The molecule has 0 saturated carbocycles. The Morgan fingerprint density at radius 2 is 2.11 bits per heavy atom. The average molecular weight is 285 g/mol. The number of amides is 1. The van der Waals surface area contributed by atoms with E-state index in [0.717, 1.165) is 12.1 Å². The van der Waals surface area contributed by atoms with Gasteiger partial charge in [0.15, 0.2) is 6.61 Å². The number of nitrogens with one attached hydrogen (secondary N) is 1. The van der Waals surface area contributed by atoms with Crippen LogP contribution in [0, 0.1) is 0 Å². The Balaban J connectivity index is 2.94. The predicted octanol–water partition coefficient (Wildman–Crippen LogP) is 2.95. The molecule has 1 amide bonds. The molecule has 1 rings (SSSR count). The lowest BCUT2D eigenvalue weighted by Gasteiger charge is -2.13. The molecule has 0 heterocycles. The van der Waals surface area contributed by atoms with Gasteiger partial charge in [0, 0.05) is 6.07 Å². The Labute approximate surface area is 104 Å². The van der Waals surface area contributed by atoms with Gasteiger partial charge >= 0.3 is 12.3 Å². The summed E-state index contributed by atoms with van der Waals surface area (Å²) in [5.41, 5.74) is 5.30. The van der Waals surface area contributed by atoms with Gasteiger partial charge in [0.1, 0.15) is 5.75 Å². The molecule has 100 valence electrons. The molecule has 1 aromatic carbocycles. The van der Waals surface area contributed by atoms with Crippen molar-refractivity contribution in [2.75, 3.05) is 17.7 Å². The fourth-order valence-electron chi connectivity index (χ4n) is 1.06. The zero-order valence-corrected chi connectivity index (χ0v) is 9.47. The molecule has 0 aliphatic heterocycles. The van der Waals surface area contributed by atoms with Gasteiger partial charge in [-0.1, -0.05) is 11.6 Å². The maximum atomic E-state index is 12.0. The molecule has 0 aliphatic carbocycles. The molecule has 0 bridgehead atoms. The zero-order valence-electron chi connectivity index (χ0n) is 8.71. The molecule has 0 saturated heterocycles.